The van der Waals surface area contributed by atoms with Crippen molar-refractivity contribution in [2.75, 3.05) is 54.7 Å². The van der Waals surface area contributed by atoms with Crippen molar-refractivity contribution in [2.45, 2.75) is 39.0 Å². The van der Waals surface area contributed by atoms with Gasteiger partial charge in [0.05, 0.1) is 21.3 Å². The highest BCUT2D eigenvalue weighted by atomic mass is 16.5. The van der Waals surface area contributed by atoms with Crippen LogP contribution in [-0.4, -0.2) is 60.6 Å². The highest BCUT2D eigenvalue weighted by Crippen LogP contribution is 2.44. The predicted octanol–water partition coefficient (Wildman–Crippen LogP) is 3.02. The SMILES string of the molecule is CCNC(=NCC1(CCOC)CCC1)NCCc1c(OC)cc(OC)cc1OC. The predicted molar refractivity (Wildman–Crippen MR) is 117 cm³/mol. The number of rotatable bonds is 12. The zero-order chi connectivity index (χ0) is 21.1. The average Bonchev–Trinajstić information content (AvgIpc) is 2.72. The smallest absolute Gasteiger partial charge is 0.191 e. The molecule has 0 unspecified atom stereocenters. The van der Waals surface area contributed by atoms with Crippen molar-refractivity contribution in [1.82, 2.24) is 10.6 Å². The molecule has 0 saturated heterocycles. The molecule has 164 valence electrons. The molecule has 0 radical (unpaired) electrons. The summed E-state index contributed by atoms with van der Waals surface area (Å²) in [5.74, 6) is 3.09. The maximum Gasteiger partial charge on any atom is 0.191 e. The van der Waals surface area contributed by atoms with Gasteiger partial charge in [-0.15, -0.1) is 0 Å². The zero-order valence-electron chi connectivity index (χ0n) is 18.6. The highest BCUT2D eigenvalue weighted by Gasteiger charge is 2.36. The quantitative estimate of drug-likeness (QED) is 0.410. The van der Waals surface area contributed by atoms with Gasteiger partial charge in [-0.3, -0.25) is 4.99 Å². The van der Waals surface area contributed by atoms with Crippen LogP contribution in [0.1, 0.15) is 38.2 Å². The lowest BCUT2D eigenvalue weighted by Crippen LogP contribution is -2.41. The Morgan fingerprint density at radius 3 is 2.21 bits per heavy atom. The topological polar surface area (TPSA) is 73.3 Å². The van der Waals surface area contributed by atoms with Gasteiger partial charge in [-0.1, -0.05) is 6.42 Å². The van der Waals surface area contributed by atoms with Gasteiger partial charge in [0.2, 0.25) is 0 Å². The lowest BCUT2D eigenvalue weighted by Gasteiger charge is -2.40. The molecule has 1 fully saturated rings. The summed E-state index contributed by atoms with van der Waals surface area (Å²) >= 11 is 0. The first-order chi connectivity index (χ1) is 14.1. The van der Waals surface area contributed by atoms with Crippen LogP contribution < -0.4 is 24.8 Å². The van der Waals surface area contributed by atoms with Gasteiger partial charge in [0, 0.05) is 51.0 Å². The Balaban J connectivity index is 2.00. The van der Waals surface area contributed by atoms with Crippen molar-refractivity contribution in [1.29, 1.82) is 0 Å². The van der Waals surface area contributed by atoms with Gasteiger partial charge in [-0.2, -0.15) is 0 Å². The fourth-order valence-corrected chi connectivity index (χ4v) is 3.70. The van der Waals surface area contributed by atoms with Crippen LogP contribution in [0.25, 0.3) is 0 Å². The summed E-state index contributed by atoms with van der Waals surface area (Å²) < 4.78 is 21.7. The second-order valence-corrected chi connectivity index (χ2v) is 7.48. The van der Waals surface area contributed by atoms with E-state index in [-0.39, 0.29) is 0 Å². The van der Waals surface area contributed by atoms with Gasteiger partial charge < -0.3 is 29.6 Å². The van der Waals surface area contributed by atoms with Crippen LogP contribution in [0.2, 0.25) is 0 Å². The average molecular weight is 408 g/mol. The minimum absolute atomic E-state index is 0.306. The number of ether oxygens (including phenoxy) is 4. The summed E-state index contributed by atoms with van der Waals surface area (Å²) in [5, 5.41) is 6.79. The molecule has 0 aliphatic heterocycles. The molecule has 7 heteroatoms. The summed E-state index contributed by atoms with van der Waals surface area (Å²) in [6, 6.07) is 3.76. The molecule has 1 aromatic carbocycles. The number of nitrogens with zero attached hydrogens (tertiary/aromatic N) is 1. The number of hydrogen-bond acceptors (Lipinski definition) is 5. The van der Waals surface area contributed by atoms with E-state index in [9.17, 15) is 0 Å². The third-order valence-corrected chi connectivity index (χ3v) is 5.65. The van der Waals surface area contributed by atoms with Crippen molar-refractivity contribution in [3.8, 4) is 17.2 Å². The Morgan fingerprint density at radius 1 is 1.03 bits per heavy atom. The summed E-state index contributed by atoms with van der Waals surface area (Å²) in [6.45, 7) is 5.26. The van der Waals surface area contributed by atoms with Crippen molar-refractivity contribution >= 4 is 5.96 Å². The first-order valence-corrected chi connectivity index (χ1v) is 10.4. The molecule has 0 heterocycles. The van der Waals surface area contributed by atoms with E-state index in [1.54, 1.807) is 28.4 Å². The third kappa shape index (κ3) is 6.42. The van der Waals surface area contributed by atoms with Crippen LogP contribution in [0.3, 0.4) is 0 Å². The fourth-order valence-electron chi connectivity index (χ4n) is 3.70. The van der Waals surface area contributed by atoms with Gasteiger partial charge in [-0.25, -0.2) is 0 Å². The Morgan fingerprint density at radius 2 is 1.72 bits per heavy atom. The third-order valence-electron chi connectivity index (χ3n) is 5.65. The van der Waals surface area contributed by atoms with Crippen LogP contribution in [-0.2, 0) is 11.2 Å². The molecule has 2 N–H and O–H groups in total. The molecule has 0 aromatic heterocycles. The maximum atomic E-state index is 5.54. The molecule has 1 aliphatic rings. The number of benzene rings is 1. The Hall–Kier alpha value is -2.15. The second kappa shape index (κ2) is 11.8. The number of aliphatic imine (C=N–C) groups is 1. The van der Waals surface area contributed by atoms with Crippen LogP contribution in [0.5, 0.6) is 17.2 Å². The Bertz CT molecular complexity index is 634. The van der Waals surface area contributed by atoms with Crippen LogP contribution >= 0.6 is 0 Å². The van der Waals surface area contributed by atoms with Gasteiger partial charge >= 0.3 is 0 Å². The molecule has 1 saturated carbocycles. The first kappa shape index (κ1) is 23.1. The van der Waals surface area contributed by atoms with E-state index < -0.39 is 0 Å². The molecular formula is C22H37N3O4. The van der Waals surface area contributed by atoms with Gasteiger partial charge in [-0.05, 0) is 38.0 Å². The molecule has 0 amide bonds. The van der Waals surface area contributed by atoms with E-state index in [2.05, 4.69) is 17.6 Å². The van der Waals surface area contributed by atoms with Crippen LogP contribution in [0, 0.1) is 5.41 Å². The minimum Gasteiger partial charge on any atom is -0.496 e. The minimum atomic E-state index is 0.306. The van der Waals surface area contributed by atoms with E-state index in [1.165, 1.54) is 19.3 Å². The maximum absolute atomic E-state index is 5.54. The molecule has 0 bridgehead atoms. The van der Waals surface area contributed by atoms with Gasteiger partial charge in [0.25, 0.3) is 0 Å². The van der Waals surface area contributed by atoms with E-state index in [0.717, 1.165) is 62.1 Å². The van der Waals surface area contributed by atoms with Crippen molar-refractivity contribution < 1.29 is 18.9 Å². The van der Waals surface area contributed by atoms with Crippen LogP contribution in [0.4, 0.5) is 0 Å². The number of hydrogen-bond donors (Lipinski definition) is 2. The standard InChI is InChI=1S/C22H37N3O4/c1-6-23-21(25-16-22(9-7-10-22)11-13-26-2)24-12-8-18-19(28-4)14-17(27-3)15-20(18)29-5/h14-15H,6-13,16H2,1-5H3,(H2,23,24,25). The fraction of sp³-hybridized carbons (Fsp3) is 0.682. The van der Waals surface area contributed by atoms with Crippen molar-refractivity contribution in [3.63, 3.8) is 0 Å². The molecular weight excluding hydrogens is 370 g/mol. The Kier molecular flexibility index (Phi) is 9.38. The van der Waals surface area contributed by atoms with Crippen LogP contribution in [0.15, 0.2) is 17.1 Å². The van der Waals surface area contributed by atoms with E-state index >= 15 is 0 Å². The number of guanidine groups is 1. The molecule has 1 aromatic rings. The van der Waals surface area contributed by atoms with E-state index in [4.69, 9.17) is 23.9 Å². The number of nitrogens with one attached hydrogen (secondary N) is 2. The summed E-state index contributed by atoms with van der Waals surface area (Å²) in [4.78, 5) is 4.86. The summed E-state index contributed by atoms with van der Waals surface area (Å²) in [5.41, 5.74) is 1.32. The summed E-state index contributed by atoms with van der Waals surface area (Å²) in [7, 11) is 6.72. The van der Waals surface area contributed by atoms with E-state index in [1.807, 2.05) is 12.1 Å². The van der Waals surface area contributed by atoms with Crippen molar-refractivity contribution in [2.24, 2.45) is 10.4 Å². The summed E-state index contributed by atoms with van der Waals surface area (Å²) in [6.07, 6.45) is 5.58. The molecule has 29 heavy (non-hydrogen) atoms. The Labute approximate surface area is 175 Å². The van der Waals surface area contributed by atoms with Crippen molar-refractivity contribution in [3.05, 3.63) is 17.7 Å². The molecule has 1 aliphatic carbocycles. The molecule has 0 spiro atoms. The second-order valence-electron chi connectivity index (χ2n) is 7.48. The molecule has 0 atom stereocenters. The first-order valence-electron chi connectivity index (χ1n) is 10.4. The number of methoxy groups -OCH3 is 4. The monoisotopic (exact) mass is 407 g/mol. The van der Waals surface area contributed by atoms with Gasteiger partial charge in [0.1, 0.15) is 17.2 Å². The zero-order valence-corrected chi connectivity index (χ0v) is 18.6. The highest BCUT2D eigenvalue weighted by molar-refractivity contribution is 5.79. The lowest BCUT2D eigenvalue weighted by molar-refractivity contribution is 0.0778. The normalized spacial score (nSPS) is 15.4. The van der Waals surface area contributed by atoms with Gasteiger partial charge in [0.15, 0.2) is 5.96 Å². The molecule has 7 nitrogen and oxygen atoms in total. The lowest BCUT2D eigenvalue weighted by atomic mass is 9.67. The largest absolute Gasteiger partial charge is 0.496 e. The molecule has 2 rings (SSSR count). The van der Waals surface area contributed by atoms with E-state index in [0.29, 0.717) is 11.2 Å².